The molecule has 0 fully saturated rings. The first-order valence-electron chi connectivity index (χ1n) is 4.37. The Morgan fingerprint density at radius 1 is 1.57 bits per heavy atom. The summed E-state index contributed by atoms with van der Waals surface area (Å²) in [5.41, 5.74) is 3.12. The van der Waals surface area contributed by atoms with Crippen molar-refractivity contribution < 1.29 is 9.53 Å². The maximum Gasteiger partial charge on any atom is 0.274 e. The van der Waals surface area contributed by atoms with Crippen LogP contribution in [0.2, 0.25) is 0 Å². The van der Waals surface area contributed by atoms with Gasteiger partial charge in [-0.2, -0.15) is 0 Å². The lowest BCUT2D eigenvalue weighted by molar-refractivity contribution is -0.127. The molecule has 0 radical (unpaired) electrons. The summed E-state index contributed by atoms with van der Waals surface area (Å²) in [5.74, 6) is 5.30. The minimum atomic E-state index is -0.582. The second-order valence-electron chi connectivity index (χ2n) is 3.09. The minimum absolute atomic E-state index is 0.341. The van der Waals surface area contributed by atoms with Gasteiger partial charge in [0.2, 0.25) is 0 Å². The molecule has 1 atom stereocenters. The average molecular weight is 194 g/mol. The van der Waals surface area contributed by atoms with Gasteiger partial charge >= 0.3 is 0 Å². The predicted molar refractivity (Wildman–Crippen MR) is 53.6 cm³/mol. The Hall–Kier alpha value is -1.55. The smallest absolute Gasteiger partial charge is 0.274 e. The summed E-state index contributed by atoms with van der Waals surface area (Å²) in [7, 11) is 0. The molecule has 0 saturated carbocycles. The van der Waals surface area contributed by atoms with E-state index in [1.54, 1.807) is 13.0 Å². The first-order valence-corrected chi connectivity index (χ1v) is 4.37. The van der Waals surface area contributed by atoms with E-state index in [9.17, 15) is 4.79 Å². The molecule has 0 spiro atoms. The van der Waals surface area contributed by atoms with Gasteiger partial charge in [0, 0.05) is 0 Å². The molecule has 0 heterocycles. The van der Waals surface area contributed by atoms with E-state index < -0.39 is 6.10 Å². The minimum Gasteiger partial charge on any atom is -0.481 e. The quantitative estimate of drug-likeness (QED) is 0.424. The third kappa shape index (κ3) is 2.74. The standard InChI is InChI=1S/C10H14N2O2/c1-7-4-3-5-9(6-7)14-8(2)10(13)12-11/h3-6,8H,11H2,1-2H3,(H,12,13). The molecule has 0 aliphatic carbocycles. The van der Waals surface area contributed by atoms with Crippen LogP contribution >= 0.6 is 0 Å². The molecule has 3 N–H and O–H groups in total. The number of nitrogens with two attached hydrogens (primary N) is 1. The number of aryl methyl sites for hydroxylation is 1. The third-order valence-corrected chi connectivity index (χ3v) is 1.81. The highest BCUT2D eigenvalue weighted by molar-refractivity contribution is 5.80. The number of rotatable bonds is 3. The number of benzene rings is 1. The van der Waals surface area contributed by atoms with Crippen LogP contribution in [0.1, 0.15) is 12.5 Å². The Balaban J connectivity index is 2.64. The zero-order valence-electron chi connectivity index (χ0n) is 8.28. The number of hydrogen-bond acceptors (Lipinski definition) is 3. The summed E-state index contributed by atoms with van der Waals surface area (Å²) in [6.45, 7) is 3.60. The second kappa shape index (κ2) is 4.62. The van der Waals surface area contributed by atoms with Gasteiger partial charge in [-0.25, -0.2) is 5.84 Å². The highest BCUT2D eigenvalue weighted by Crippen LogP contribution is 2.13. The predicted octanol–water partition coefficient (Wildman–Crippen LogP) is 0.752. The van der Waals surface area contributed by atoms with E-state index >= 15 is 0 Å². The van der Waals surface area contributed by atoms with Crippen LogP contribution < -0.4 is 16.0 Å². The van der Waals surface area contributed by atoms with Crippen LogP contribution in [0.3, 0.4) is 0 Å². The summed E-state index contributed by atoms with van der Waals surface area (Å²) < 4.78 is 5.36. The molecule has 4 heteroatoms. The molecule has 1 unspecified atom stereocenters. The van der Waals surface area contributed by atoms with Crippen LogP contribution in [0.5, 0.6) is 5.75 Å². The van der Waals surface area contributed by atoms with Crippen molar-refractivity contribution in [2.75, 3.05) is 0 Å². The molecular weight excluding hydrogens is 180 g/mol. The zero-order valence-corrected chi connectivity index (χ0v) is 8.28. The van der Waals surface area contributed by atoms with E-state index in [2.05, 4.69) is 0 Å². The van der Waals surface area contributed by atoms with Gasteiger partial charge < -0.3 is 4.74 Å². The molecule has 14 heavy (non-hydrogen) atoms. The normalized spacial score (nSPS) is 11.9. The fraction of sp³-hybridized carbons (Fsp3) is 0.300. The fourth-order valence-corrected chi connectivity index (χ4v) is 1.06. The molecule has 0 aliphatic rings. The first kappa shape index (κ1) is 10.5. The Bertz CT molecular complexity index is 326. The SMILES string of the molecule is Cc1cccc(OC(C)C(=O)NN)c1. The van der Waals surface area contributed by atoms with Crippen molar-refractivity contribution in [3.63, 3.8) is 0 Å². The average Bonchev–Trinajstić information content (AvgIpc) is 2.16. The number of ether oxygens (including phenoxy) is 1. The summed E-state index contributed by atoms with van der Waals surface area (Å²) in [5, 5.41) is 0. The van der Waals surface area contributed by atoms with Gasteiger partial charge in [0.1, 0.15) is 5.75 Å². The van der Waals surface area contributed by atoms with Gasteiger partial charge in [0.05, 0.1) is 0 Å². The van der Waals surface area contributed by atoms with Gasteiger partial charge in [-0.3, -0.25) is 10.2 Å². The monoisotopic (exact) mass is 194 g/mol. The lowest BCUT2D eigenvalue weighted by Crippen LogP contribution is -2.40. The topological polar surface area (TPSA) is 64.3 Å². The largest absolute Gasteiger partial charge is 0.481 e. The first-order chi connectivity index (χ1) is 6.63. The molecule has 0 aromatic heterocycles. The van der Waals surface area contributed by atoms with E-state index in [1.807, 2.05) is 30.5 Å². The van der Waals surface area contributed by atoms with Gasteiger partial charge in [0.25, 0.3) is 5.91 Å². The molecule has 1 amide bonds. The second-order valence-corrected chi connectivity index (χ2v) is 3.09. The molecular formula is C10H14N2O2. The molecule has 4 nitrogen and oxygen atoms in total. The number of hydrogen-bond donors (Lipinski definition) is 2. The Morgan fingerprint density at radius 3 is 2.86 bits per heavy atom. The van der Waals surface area contributed by atoms with Crippen molar-refractivity contribution in [1.82, 2.24) is 5.43 Å². The van der Waals surface area contributed by atoms with Crippen molar-refractivity contribution in [1.29, 1.82) is 0 Å². The fourth-order valence-electron chi connectivity index (χ4n) is 1.06. The summed E-state index contributed by atoms with van der Waals surface area (Å²) in [6.07, 6.45) is -0.582. The van der Waals surface area contributed by atoms with Crippen LogP contribution in [0.4, 0.5) is 0 Å². The molecule has 0 saturated heterocycles. The lowest BCUT2D eigenvalue weighted by Gasteiger charge is -2.12. The van der Waals surface area contributed by atoms with Crippen LogP contribution in [-0.4, -0.2) is 12.0 Å². The van der Waals surface area contributed by atoms with E-state index in [0.29, 0.717) is 5.75 Å². The summed E-state index contributed by atoms with van der Waals surface area (Å²) in [4.78, 5) is 11.0. The van der Waals surface area contributed by atoms with Crippen molar-refractivity contribution in [2.45, 2.75) is 20.0 Å². The molecule has 0 aliphatic heterocycles. The Morgan fingerprint density at radius 2 is 2.29 bits per heavy atom. The van der Waals surface area contributed by atoms with Crippen LogP contribution in [0.25, 0.3) is 0 Å². The molecule has 0 bridgehead atoms. The summed E-state index contributed by atoms with van der Waals surface area (Å²) >= 11 is 0. The van der Waals surface area contributed by atoms with Crippen LogP contribution in [0.15, 0.2) is 24.3 Å². The van der Waals surface area contributed by atoms with Crippen molar-refractivity contribution >= 4 is 5.91 Å². The van der Waals surface area contributed by atoms with Gasteiger partial charge in [-0.15, -0.1) is 0 Å². The molecule has 1 rings (SSSR count). The van der Waals surface area contributed by atoms with Gasteiger partial charge in [-0.1, -0.05) is 12.1 Å². The van der Waals surface area contributed by atoms with Crippen molar-refractivity contribution in [3.8, 4) is 5.75 Å². The van der Waals surface area contributed by atoms with E-state index in [-0.39, 0.29) is 5.91 Å². The number of carbonyl (C=O) groups excluding carboxylic acids is 1. The van der Waals surface area contributed by atoms with Crippen LogP contribution in [0, 0.1) is 6.92 Å². The molecule has 1 aromatic carbocycles. The van der Waals surface area contributed by atoms with E-state index in [0.717, 1.165) is 5.56 Å². The van der Waals surface area contributed by atoms with E-state index in [4.69, 9.17) is 10.6 Å². The lowest BCUT2D eigenvalue weighted by atomic mass is 10.2. The summed E-state index contributed by atoms with van der Waals surface area (Å²) in [6, 6.07) is 7.49. The maximum atomic E-state index is 11.0. The van der Waals surface area contributed by atoms with Crippen LogP contribution in [-0.2, 0) is 4.79 Å². The number of nitrogens with one attached hydrogen (secondary N) is 1. The number of carbonyl (C=O) groups is 1. The number of hydrazine groups is 1. The van der Waals surface area contributed by atoms with Crippen molar-refractivity contribution in [3.05, 3.63) is 29.8 Å². The van der Waals surface area contributed by atoms with E-state index in [1.165, 1.54) is 0 Å². The molecule has 1 aromatic rings. The highest BCUT2D eigenvalue weighted by Gasteiger charge is 2.12. The van der Waals surface area contributed by atoms with Gasteiger partial charge in [0.15, 0.2) is 6.10 Å². The Kier molecular flexibility index (Phi) is 3.48. The van der Waals surface area contributed by atoms with Gasteiger partial charge in [-0.05, 0) is 31.5 Å². The third-order valence-electron chi connectivity index (χ3n) is 1.81. The zero-order chi connectivity index (χ0) is 10.6. The number of amides is 1. The maximum absolute atomic E-state index is 11.0. The molecule has 76 valence electrons. The van der Waals surface area contributed by atoms with Crippen molar-refractivity contribution in [2.24, 2.45) is 5.84 Å². The Labute approximate surface area is 83.0 Å². The highest BCUT2D eigenvalue weighted by atomic mass is 16.5.